The third-order valence-electron chi connectivity index (χ3n) is 2.73. The second kappa shape index (κ2) is 4.92. The highest BCUT2D eigenvalue weighted by molar-refractivity contribution is 9.09. The van der Waals surface area contributed by atoms with Gasteiger partial charge in [-0.25, -0.2) is 0 Å². The zero-order valence-electron chi connectivity index (χ0n) is 8.34. The van der Waals surface area contributed by atoms with Crippen LogP contribution in [0, 0.1) is 0 Å². The number of halogens is 1. The van der Waals surface area contributed by atoms with Crippen LogP contribution in [0.15, 0.2) is 0 Å². The lowest BCUT2D eigenvalue weighted by Gasteiger charge is -2.39. The Balaban J connectivity index is 1.97. The van der Waals surface area contributed by atoms with Gasteiger partial charge < -0.3 is 14.2 Å². The molecule has 0 radical (unpaired) electrons. The highest BCUT2D eigenvalue weighted by Crippen LogP contribution is 2.32. The molecule has 2 rings (SSSR count). The van der Waals surface area contributed by atoms with Crippen molar-refractivity contribution in [1.82, 2.24) is 0 Å². The van der Waals surface area contributed by atoms with Gasteiger partial charge in [0.25, 0.3) is 5.97 Å². The van der Waals surface area contributed by atoms with Gasteiger partial charge >= 0.3 is 0 Å². The average Bonchev–Trinajstić information content (AvgIpc) is 2.44. The van der Waals surface area contributed by atoms with Gasteiger partial charge in [-0.15, -0.1) is 0 Å². The van der Waals surface area contributed by atoms with E-state index in [9.17, 15) is 0 Å². The number of alkyl halides is 1. The Kier molecular flexibility index (Phi) is 3.82. The van der Waals surface area contributed by atoms with Crippen molar-refractivity contribution in [2.75, 3.05) is 18.5 Å². The van der Waals surface area contributed by atoms with Crippen molar-refractivity contribution in [2.45, 2.75) is 44.2 Å². The molecule has 14 heavy (non-hydrogen) atoms. The molecule has 2 aliphatic heterocycles. The molecule has 2 unspecified atom stereocenters. The molecule has 0 aromatic carbocycles. The zero-order chi connectivity index (χ0) is 9.86. The maximum absolute atomic E-state index is 5.85. The van der Waals surface area contributed by atoms with E-state index >= 15 is 0 Å². The van der Waals surface area contributed by atoms with E-state index in [0.29, 0.717) is 0 Å². The van der Waals surface area contributed by atoms with Gasteiger partial charge in [-0.2, -0.15) is 0 Å². The van der Waals surface area contributed by atoms with E-state index in [4.69, 9.17) is 14.2 Å². The summed E-state index contributed by atoms with van der Waals surface area (Å²) in [5, 5.41) is 0.863. The average molecular weight is 265 g/mol. The van der Waals surface area contributed by atoms with Gasteiger partial charge in [-0.3, -0.25) is 0 Å². The minimum Gasteiger partial charge on any atom is -0.327 e. The monoisotopic (exact) mass is 264 g/mol. The van der Waals surface area contributed by atoms with E-state index in [0.717, 1.165) is 44.2 Å². The molecule has 2 atom stereocenters. The van der Waals surface area contributed by atoms with E-state index in [1.54, 1.807) is 0 Å². The first-order valence-corrected chi connectivity index (χ1v) is 6.48. The van der Waals surface area contributed by atoms with Crippen LogP contribution in [0.4, 0.5) is 0 Å². The Hall–Kier alpha value is 0.360. The van der Waals surface area contributed by atoms with Crippen LogP contribution in [0.25, 0.3) is 0 Å². The van der Waals surface area contributed by atoms with E-state index in [1.807, 2.05) is 0 Å². The summed E-state index contributed by atoms with van der Waals surface area (Å²) in [6, 6.07) is 0. The number of rotatable bonds is 1. The third-order valence-corrected chi connectivity index (χ3v) is 3.45. The fourth-order valence-electron chi connectivity index (χ4n) is 1.93. The van der Waals surface area contributed by atoms with Crippen molar-refractivity contribution in [3.63, 3.8) is 0 Å². The van der Waals surface area contributed by atoms with Crippen LogP contribution in [-0.4, -0.2) is 30.6 Å². The first-order valence-electron chi connectivity index (χ1n) is 5.36. The molecule has 0 bridgehead atoms. The van der Waals surface area contributed by atoms with Gasteiger partial charge in [0, 0.05) is 11.8 Å². The minimum atomic E-state index is -0.715. The maximum atomic E-state index is 5.85. The molecule has 2 heterocycles. The molecule has 0 amide bonds. The molecule has 1 spiro atoms. The summed E-state index contributed by atoms with van der Waals surface area (Å²) >= 11 is 3.44. The number of hydrogen-bond donors (Lipinski definition) is 0. The van der Waals surface area contributed by atoms with Crippen LogP contribution in [0.5, 0.6) is 0 Å². The molecular weight excluding hydrogens is 248 g/mol. The number of hydrogen-bond acceptors (Lipinski definition) is 3. The molecule has 2 aliphatic rings. The predicted molar refractivity (Wildman–Crippen MR) is 56.4 cm³/mol. The van der Waals surface area contributed by atoms with Crippen molar-refractivity contribution < 1.29 is 14.2 Å². The first-order chi connectivity index (χ1) is 6.85. The second-order valence-electron chi connectivity index (χ2n) is 3.87. The van der Waals surface area contributed by atoms with Crippen molar-refractivity contribution in [2.24, 2.45) is 0 Å². The Morgan fingerprint density at radius 2 is 2.00 bits per heavy atom. The largest absolute Gasteiger partial charge is 0.327 e. The maximum Gasteiger partial charge on any atom is 0.283 e. The smallest absolute Gasteiger partial charge is 0.283 e. The fourth-order valence-corrected chi connectivity index (χ4v) is 2.38. The van der Waals surface area contributed by atoms with Gasteiger partial charge in [-0.05, 0) is 19.3 Å². The highest BCUT2D eigenvalue weighted by Gasteiger charge is 2.40. The number of ether oxygens (including phenoxy) is 3. The van der Waals surface area contributed by atoms with Crippen LogP contribution in [0.1, 0.15) is 32.1 Å². The molecule has 2 fully saturated rings. The molecule has 3 nitrogen and oxygen atoms in total. The Morgan fingerprint density at radius 3 is 2.86 bits per heavy atom. The van der Waals surface area contributed by atoms with Crippen molar-refractivity contribution in [1.29, 1.82) is 0 Å². The summed E-state index contributed by atoms with van der Waals surface area (Å²) in [7, 11) is 0. The zero-order valence-corrected chi connectivity index (χ0v) is 9.92. The lowest BCUT2D eigenvalue weighted by Crippen LogP contribution is -2.47. The summed E-state index contributed by atoms with van der Waals surface area (Å²) in [5.41, 5.74) is 0. The van der Waals surface area contributed by atoms with Crippen LogP contribution >= 0.6 is 15.9 Å². The Bertz CT molecular complexity index is 178. The van der Waals surface area contributed by atoms with Crippen LogP contribution < -0.4 is 0 Å². The molecule has 0 aromatic rings. The summed E-state index contributed by atoms with van der Waals surface area (Å²) in [6.07, 6.45) is 5.53. The van der Waals surface area contributed by atoms with Gasteiger partial charge in [0.05, 0.1) is 19.3 Å². The van der Waals surface area contributed by atoms with Gasteiger partial charge in [0.15, 0.2) is 0 Å². The lowest BCUT2D eigenvalue weighted by molar-refractivity contribution is -0.412. The molecule has 0 N–H and O–H groups in total. The quantitative estimate of drug-likeness (QED) is 0.681. The normalized spacial score (nSPS) is 39.6. The molecule has 4 heteroatoms. The molecule has 82 valence electrons. The van der Waals surface area contributed by atoms with Gasteiger partial charge in [0.2, 0.25) is 0 Å². The van der Waals surface area contributed by atoms with Crippen molar-refractivity contribution in [3.05, 3.63) is 0 Å². The van der Waals surface area contributed by atoms with Gasteiger partial charge in [-0.1, -0.05) is 22.4 Å². The fraction of sp³-hybridized carbons (Fsp3) is 1.00. The summed E-state index contributed by atoms with van der Waals surface area (Å²) < 4.78 is 17.2. The molecule has 0 aliphatic carbocycles. The SMILES string of the molecule is BrCC1CCOC2(CCCCCO2)O1. The minimum absolute atomic E-state index is 0.238. The van der Waals surface area contributed by atoms with E-state index in [-0.39, 0.29) is 6.10 Å². The molecule has 2 saturated heterocycles. The summed E-state index contributed by atoms with van der Waals surface area (Å²) in [5.74, 6) is -0.715. The lowest BCUT2D eigenvalue weighted by atomic mass is 10.2. The van der Waals surface area contributed by atoms with E-state index in [1.165, 1.54) is 6.42 Å². The molecule has 0 aromatic heterocycles. The Morgan fingerprint density at radius 1 is 1.14 bits per heavy atom. The summed E-state index contributed by atoms with van der Waals surface area (Å²) in [4.78, 5) is 0. The van der Waals surface area contributed by atoms with Crippen LogP contribution in [0.3, 0.4) is 0 Å². The standard InChI is InChI=1S/C10H17BrO3/c11-8-9-4-7-13-10(14-9)5-2-1-3-6-12-10/h9H,1-8H2. The first kappa shape index (κ1) is 10.9. The Labute approximate surface area is 93.2 Å². The van der Waals surface area contributed by atoms with Gasteiger partial charge in [0.1, 0.15) is 0 Å². The molecular formula is C10H17BrO3. The van der Waals surface area contributed by atoms with E-state index < -0.39 is 5.97 Å². The van der Waals surface area contributed by atoms with Crippen molar-refractivity contribution >= 4 is 15.9 Å². The predicted octanol–water partition coefficient (Wildman–Crippen LogP) is 2.43. The topological polar surface area (TPSA) is 27.7 Å². The van der Waals surface area contributed by atoms with Crippen molar-refractivity contribution in [3.8, 4) is 0 Å². The highest BCUT2D eigenvalue weighted by atomic mass is 79.9. The second-order valence-corrected chi connectivity index (χ2v) is 4.52. The van der Waals surface area contributed by atoms with Crippen LogP contribution in [-0.2, 0) is 14.2 Å². The summed E-state index contributed by atoms with van der Waals surface area (Å²) in [6.45, 7) is 1.51. The third kappa shape index (κ3) is 2.48. The molecule has 0 saturated carbocycles. The van der Waals surface area contributed by atoms with Crippen LogP contribution in [0.2, 0.25) is 0 Å². The van der Waals surface area contributed by atoms with E-state index in [2.05, 4.69) is 15.9 Å².